The molecule has 0 amide bonds. The van der Waals surface area contributed by atoms with Crippen LogP contribution in [0.3, 0.4) is 0 Å². The minimum atomic E-state index is -0.256. The maximum atomic E-state index is 11.7. The zero-order valence-electron chi connectivity index (χ0n) is 17.9. The van der Waals surface area contributed by atoms with Crippen LogP contribution in [0.2, 0.25) is 0 Å². The maximum absolute atomic E-state index is 11.7. The number of benzene rings is 1. The minimum absolute atomic E-state index is 0.216. The van der Waals surface area contributed by atoms with Gasteiger partial charge in [-0.25, -0.2) is 0 Å². The van der Waals surface area contributed by atoms with Gasteiger partial charge in [0, 0.05) is 23.7 Å². The third-order valence-electron chi connectivity index (χ3n) is 4.84. The Labute approximate surface area is 184 Å². The van der Waals surface area contributed by atoms with Crippen molar-refractivity contribution in [2.45, 2.75) is 90.4 Å². The Morgan fingerprint density at radius 3 is 1.83 bits per heavy atom. The molecule has 0 aliphatic rings. The molecule has 0 unspecified atom stereocenters. The number of esters is 2. The fourth-order valence-corrected chi connectivity index (χ4v) is 3.32. The summed E-state index contributed by atoms with van der Waals surface area (Å²) in [7, 11) is 0. The van der Waals surface area contributed by atoms with Gasteiger partial charge in [0.2, 0.25) is 0 Å². The first-order valence-corrected chi connectivity index (χ1v) is 12.0. The Kier molecular flexibility index (Phi) is 15.5. The molecule has 4 nitrogen and oxygen atoms in total. The zero-order valence-corrected chi connectivity index (χ0v) is 19.5. The number of hydrogen-bond acceptors (Lipinski definition) is 4. The van der Waals surface area contributed by atoms with Gasteiger partial charge in [-0.15, -0.1) is 0 Å². The van der Waals surface area contributed by atoms with E-state index >= 15 is 0 Å². The van der Waals surface area contributed by atoms with Gasteiger partial charge in [-0.3, -0.25) is 9.59 Å². The van der Waals surface area contributed by atoms with Crippen molar-refractivity contribution in [3.05, 3.63) is 34.3 Å². The second-order valence-corrected chi connectivity index (χ2v) is 8.42. The second-order valence-electron chi connectivity index (χ2n) is 7.50. The molecule has 0 fully saturated rings. The molecule has 0 atom stereocenters. The van der Waals surface area contributed by atoms with Crippen LogP contribution in [-0.4, -0.2) is 25.2 Å². The van der Waals surface area contributed by atoms with Crippen LogP contribution in [-0.2, 0) is 25.5 Å². The molecular weight excluding hydrogens is 432 g/mol. The molecule has 5 heteroatoms. The second kappa shape index (κ2) is 17.5. The molecule has 0 aromatic heterocycles. The first-order chi connectivity index (χ1) is 14.1. The van der Waals surface area contributed by atoms with E-state index in [1.807, 2.05) is 24.3 Å². The van der Waals surface area contributed by atoms with Gasteiger partial charge in [0.1, 0.15) is 0 Å². The summed E-state index contributed by atoms with van der Waals surface area (Å²) in [6.45, 7) is 3.09. The predicted octanol–water partition coefficient (Wildman–Crippen LogP) is 6.78. The van der Waals surface area contributed by atoms with E-state index in [1.54, 1.807) is 0 Å². The van der Waals surface area contributed by atoms with E-state index in [0.717, 1.165) is 22.9 Å². The molecule has 0 aliphatic carbocycles. The van der Waals surface area contributed by atoms with Gasteiger partial charge in [0.15, 0.2) is 0 Å². The van der Waals surface area contributed by atoms with Crippen LogP contribution in [0.1, 0.15) is 89.5 Å². The van der Waals surface area contributed by atoms with Crippen molar-refractivity contribution < 1.29 is 19.1 Å². The third-order valence-corrected chi connectivity index (χ3v) is 5.37. The molecule has 0 radical (unpaired) electrons. The number of ether oxygens (including phenoxy) is 2. The van der Waals surface area contributed by atoms with E-state index < -0.39 is 0 Å². The number of halogens is 1. The Morgan fingerprint density at radius 1 is 0.724 bits per heavy atom. The smallest absolute Gasteiger partial charge is 0.305 e. The number of hydrogen-bond donors (Lipinski definition) is 0. The molecule has 0 saturated heterocycles. The largest absolute Gasteiger partial charge is 0.466 e. The molecule has 1 aromatic carbocycles. The van der Waals surface area contributed by atoms with Crippen molar-refractivity contribution in [2.24, 2.45) is 0 Å². The summed E-state index contributed by atoms with van der Waals surface area (Å²) >= 11 is 3.39. The molecule has 1 aromatic rings. The summed E-state index contributed by atoms with van der Waals surface area (Å²) in [5.74, 6) is -0.471. The molecule has 1 rings (SSSR count). The van der Waals surface area contributed by atoms with Crippen molar-refractivity contribution in [2.75, 3.05) is 13.2 Å². The normalized spacial score (nSPS) is 10.7. The number of carbonyl (C=O) groups excluding carboxylic acids is 2. The summed E-state index contributed by atoms with van der Waals surface area (Å²) in [5, 5.41) is 0. The van der Waals surface area contributed by atoms with Crippen molar-refractivity contribution in [1.82, 2.24) is 0 Å². The van der Waals surface area contributed by atoms with E-state index in [9.17, 15) is 9.59 Å². The zero-order chi connectivity index (χ0) is 21.2. The molecule has 0 bridgehead atoms. The Morgan fingerprint density at radius 2 is 1.24 bits per heavy atom. The molecular formula is C24H37BrO4. The number of rotatable bonds is 17. The third kappa shape index (κ3) is 15.2. The van der Waals surface area contributed by atoms with Crippen LogP contribution in [0.25, 0.3) is 0 Å². The Bertz CT molecular complexity index is 557. The predicted molar refractivity (Wildman–Crippen MR) is 121 cm³/mol. The van der Waals surface area contributed by atoms with Crippen LogP contribution in [0.15, 0.2) is 28.7 Å². The average Bonchev–Trinajstić information content (AvgIpc) is 2.71. The first-order valence-electron chi connectivity index (χ1n) is 11.2. The van der Waals surface area contributed by atoms with Gasteiger partial charge in [-0.2, -0.15) is 0 Å². The fourth-order valence-electron chi connectivity index (χ4n) is 3.05. The minimum Gasteiger partial charge on any atom is -0.466 e. The van der Waals surface area contributed by atoms with Gasteiger partial charge in [-0.1, -0.05) is 86.4 Å². The summed E-state index contributed by atoms with van der Waals surface area (Å²) < 4.78 is 11.5. The van der Waals surface area contributed by atoms with E-state index in [0.29, 0.717) is 26.1 Å². The lowest BCUT2D eigenvalue weighted by Crippen LogP contribution is -2.10. The number of unbranched alkanes of at least 4 members (excludes halogenated alkanes) is 8. The van der Waals surface area contributed by atoms with Crippen molar-refractivity contribution in [1.29, 1.82) is 0 Å². The average molecular weight is 469 g/mol. The lowest BCUT2D eigenvalue weighted by molar-refractivity contribution is -0.145. The van der Waals surface area contributed by atoms with Crippen molar-refractivity contribution >= 4 is 27.9 Å². The van der Waals surface area contributed by atoms with Gasteiger partial charge in [0.25, 0.3) is 0 Å². The Balaban J connectivity index is 1.90. The first kappa shape index (κ1) is 25.7. The molecule has 0 saturated carbocycles. The standard InChI is InChI=1S/C24H37BrO4/c1-2-3-4-5-6-7-8-9-10-19-28-23(26)12-11-13-24(27)29-20-18-21-14-16-22(25)17-15-21/h14-17H,2-13,18-20H2,1H3. The highest BCUT2D eigenvalue weighted by Gasteiger charge is 2.07. The maximum Gasteiger partial charge on any atom is 0.305 e. The van der Waals surface area contributed by atoms with Gasteiger partial charge in [0.05, 0.1) is 13.2 Å². The van der Waals surface area contributed by atoms with E-state index in [2.05, 4.69) is 22.9 Å². The van der Waals surface area contributed by atoms with Crippen LogP contribution >= 0.6 is 15.9 Å². The lowest BCUT2D eigenvalue weighted by Gasteiger charge is -2.06. The highest BCUT2D eigenvalue weighted by Crippen LogP contribution is 2.11. The molecule has 0 spiro atoms. The monoisotopic (exact) mass is 468 g/mol. The summed E-state index contributed by atoms with van der Waals surface area (Å²) in [4.78, 5) is 23.4. The summed E-state index contributed by atoms with van der Waals surface area (Å²) in [5.41, 5.74) is 1.13. The number of carbonyl (C=O) groups is 2. The van der Waals surface area contributed by atoms with Gasteiger partial charge < -0.3 is 9.47 Å². The Hall–Kier alpha value is -1.36. The highest BCUT2D eigenvalue weighted by atomic mass is 79.9. The molecule has 0 heterocycles. The lowest BCUT2D eigenvalue weighted by atomic mass is 10.1. The van der Waals surface area contributed by atoms with Gasteiger partial charge in [-0.05, 0) is 30.5 Å². The van der Waals surface area contributed by atoms with E-state index in [1.165, 1.54) is 44.9 Å². The van der Waals surface area contributed by atoms with Crippen molar-refractivity contribution in [3.63, 3.8) is 0 Å². The van der Waals surface area contributed by atoms with Crippen LogP contribution in [0.5, 0.6) is 0 Å². The van der Waals surface area contributed by atoms with Crippen LogP contribution in [0, 0.1) is 0 Å². The molecule has 0 N–H and O–H groups in total. The van der Waals surface area contributed by atoms with Crippen LogP contribution < -0.4 is 0 Å². The SMILES string of the molecule is CCCCCCCCCCCOC(=O)CCCC(=O)OCCc1ccc(Br)cc1. The van der Waals surface area contributed by atoms with E-state index in [-0.39, 0.29) is 24.8 Å². The molecule has 29 heavy (non-hydrogen) atoms. The summed E-state index contributed by atoms with van der Waals surface area (Å²) in [6.07, 6.45) is 12.9. The fraction of sp³-hybridized carbons (Fsp3) is 0.667. The quantitative estimate of drug-likeness (QED) is 0.186. The van der Waals surface area contributed by atoms with Crippen molar-refractivity contribution in [3.8, 4) is 0 Å². The highest BCUT2D eigenvalue weighted by molar-refractivity contribution is 9.10. The van der Waals surface area contributed by atoms with Crippen LogP contribution in [0.4, 0.5) is 0 Å². The molecule has 164 valence electrons. The molecule has 0 aliphatic heterocycles. The topological polar surface area (TPSA) is 52.6 Å². The van der Waals surface area contributed by atoms with Gasteiger partial charge >= 0.3 is 11.9 Å². The summed E-state index contributed by atoms with van der Waals surface area (Å²) in [6, 6.07) is 7.94. The van der Waals surface area contributed by atoms with E-state index in [4.69, 9.17) is 9.47 Å².